The van der Waals surface area contributed by atoms with Crippen molar-refractivity contribution < 1.29 is 76.3 Å². The number of carbonyl (C=O) groups is 8. The Hall–Kier alpha value is -10.5. The lowest BCUT2D eigenvalue weighted by molar-refractivity contribution is -0.135. The maximum Gasteiger partial charge on any atom is 0.311 e. The van der Waals surface area contributed by atoms with E-state index in [1.54, 1.807) is 24.3 Å². The van der Waals surface area contributed by atoms with Gasteiger partial charge in [-0.1, -0.05) is 177 Å². The molecule has 0 N–H and O–H groups in total. The third-order valence-electron chi connectivity index (χ3n) is 17.0. The van der Waals surface area contributed by atoms with Gasteiger partial charge in [-0.2, -0.15) is 0 Å². The van der Waals surface area contributed by atoms with Gasteiger partial charge in [-0.25, -0.2) is 0 Å². The molecular weight excluding hydrogens is 1260 g/mol. The SMILES string of the molecule is CCCC(=O)Oc1cc(OC(=O)CCC)c2cc1C(c1ccccc1)c1cc(c(OC(=O)CCC)cc1OC(=O)CCC)C(c1ccccc1)c1cc(c(OC(=O)CCC)cc1OC(=O)CCC)C(c1ccccc1)c1cc(c(OC(=O)CCC)cc1OC(=O)CCC)C2c1ccccc1. The highest BCUT2D eigenvalue weighted by Crippen LogP contribution is 2.55. The fourth-order valence-electron chi connectivity index (χ4n) is 12.6. The molecule has 100 heavy (non-hydrogen) atoms. The van der Waals surface area contributed by atoms with Crippen LogP contribution in [0.4, 0.5) is 0 Å². The van der Waals surface area contributed by atoms with Crippen molar-refractivity contribution in [3.8, 4) is 46.0 Å². The molecule has 0 atom stereocenters. The van der Waals surface area contributed by atoms with Gasteiger partial charge >= 0.3 is 47.8 Å². The van der Waals surface area contributed by atoms with Crippen molar-refractivity contribution in [1.82, 2.24) is 0 Å². The van der Waals surface area contributed by atoms with E-state index in [0.29, 0.717) is 118 Å². The number of benzene rings is 8. The van der Waals surface area contributed by atoms with E-state index in [0.717, 1.165) is 0 Å². The lowest BCUT2D eigenvalue weighted by Gasteiger charge is -2.32. The number of hydrogen-bond acceptors (Lipinski definition) is 16. The summed E-state index contributed by atoms with van der Waals surface area (Å²) in [5, 5.41) is 0. The van der Waals surface area contributed by atoms with Crippen LogP contribution < -0.4 is 37.9 Å². The molecule has 0 fully saturated rings. The highest BCUT2D eigenvalue weighted by molar-refractivity contribution is 5.82. The fourth-order valence-corrected chi connectivity index (χ4v) is 12.6. The maximum absolute atomic E-state index is 14.5. The molecule has 0 spiro atoms. The topological polar surface area (TPSA) is 210 Å². The Morgan fingerprint density at radius 1 is 0.210 bits per heavy atom. The van der Waals surface area contributed by atoms with Gasteiger partial charge in [0, 0.05) is 144 Å². The Morgan fingerprint density at radius 3 is 0.460 bits per heavy atom. The van der Waals surface area contributed by atoms with Gasteiger partial charge in [-0.15, -0.1) is 0 Å². The van der Waals surface area contributed by atoms with Crippen LogP contribution in [0.25, 0.3) is 0 Å². The number of rotatable bonds is 28. The molecule has 1 aliphatic carbocycles. The summed E-state index contributed by atoms with van der Waals surface area (Å²) in [4.78, 5) is 116. The largest absolute Gasteiger partial charge is 0.426 e. The predicted octanol–water partition coefficient (Wildman–Crippen LogP) is 18.4. The summed E-state index contributed by atoms with van der Waals surface area (Å²) in [6, 6.07) is 50.4. The standard InChI is InChI=1S/C84H88O16/c1-9-29-73(85)93-65-49-66(94-74(86)30-10-2)58-45-57(65)81(53-37-21-17-22-38-53)59-46-60(68(96-76(88)32-12-4)50-67(59)95-75(87)31-11-3)83(55-41-25-19-26-42-55)63-48-64(72(100-80(92)36-16-8)52-71(63)99-79(91)35-15-7)84(56-43-27-20-28-44-56)62-47-61(82(58)54-39-23-18-24-40-54)69(97-77(89)33-13-5)51-70(62)98-78(90)34-14-6/h17-28,37-52,81-84H,9-16,29-36H2,1-8H3. The van der Waals surface area contributed by atoms with E-state index in [1.165, 1.54) is 24.3 Å². The second-order valence-electron chi connectivity index (χ2n) is 24.9. The Morgan fingerprint density at radius 2 is 0.340 bits per heavy atom. The van der Waals surface area contributed by atoms with Gasteiger partial charge in [-0.3, -0.25) is 38.4 Å². The second kappa shape index (κ2) is 35.9. The summed E-state index contributed by atoms with van der Waals surface area (Å²) >= 11 is 0. The molecule has 8 aromatic carbocycles. The Balaban J connectivity index is 1.66. The molecule has 0 saturated heterocycles. The fraction of sp³-hybridized carbons (Fsp3) is 0.333. The Kier molecular flexibility index (Phi) is 26.4. The first-order chi connectivity index (χ1) is 48.5. The highest BCUT2D eigenvalue weighted by Gasteiger charge is 2.39. The van der Waals surface area contributed by atoms with Gasteiger partial charge in [0.05, 0.1) is 0 Å². The van der Waals surface area contributed by atoms with Crippen molar-refractivity contribution in [2.75, 3.05) is 0 Å². The van der Waals surface area contributed by atoms with Crippen LogP contribution >= 0.6 is 0 Å². The molecule has 16 heteroatoms. The number of fused-ring (bicyclic) bond motifs is 8. The minimum absolute atomic E-state index is 0.0217. The normalized spacial score (nSPS) is 14.6. The minimum Gasteiger partial charge on any atom is -0.426 e. The summed E-state index contributed by atoms with van der Waals surface area (Å²) < 4.78 is 52.8. The zero-order valence-corrected chi connectivity index (χ0v) is 58.3. The van der Waals surface area contributed by atoms with Gasteiger partial charge in [0.25, 0.3) is 0 Å². The molecule has 16 nitrogen and oxygen atoms in total. The molecule has 0 amide bonds. The Bertz CT molecular complexity index is 3490. The molecule has 0 heterocycles. The molecule has 9 rings (SSSR count). The summed E-state index contributed by atoms with van der Waals surface area (Å²) in [6.45, 7) is 14.7. The van der Waals surface area contributed by atoms with Crippen molar-refractivity contribution >= 4 is 47.8 Å². The first-order valence-electron chi connectivity index (χ1n) is 35.1. The van der Waals surface area contributed by atoms with Crippen LogP contribution in [-0.4, -0.2) is 47.8 Å². The van der Waals surface area contributed by atoms with Crippen LogP contribution in [0.15, 0.2) is 170 Å². The number of esters is 8. The average Bonchev–Trinajstić information content (AvgIpc) is 0.736. The van der Waals surface area contributed by atoms with Crippen LogP contribution in [0.5, 0.6) is 46.0 Å². The second-order valence-corrected chi connectivity index (χ2v) is 24.9. The molecule has 0 aliphatic heterocycles. The predicted molar refractivity (Wildman–Crippen MR) is 380 cm³/mol. The zero-order valence-electron chi connectivity index (χ0n) is 58.3. The quantitative estimate of drug-likeness (QED) is 0.0330. The molecule has 520 valence electrons. The zero-order chi connectivity index (χ0) is 71.2. The van der Waals surface area contributed by atoms with Crippen molar-refractivity contribution in [1.29, 1.82) is 0 Å². The van der Waals surface area contributed by atoms with Crippen LogP contribution in [0.1, 0.15) is 249 Å². The van der Waals surface area contributed by atoms with Gasteiger partial charge in [0.2, 0.25) is 0 Å². The highest BCUT2D eigenvalue weighted by atomic mass is 16.6. The summed E-state index contributed by atoms with van der Waals surface area (Å²) in [5.41, 5.74) is 4.70. The third-order valence-corrected chi connectivity index (χ3v) is 17.0. The van der Waals surface area contributed by atoms with Crippen molar-refractivity contribution in [3.05, 3.63) is 237 Å². The van der Waals surface area contributed by atoms with E-state index in [1.807, 2.05) is 177 Å². The first kappa shape index (κ1) is 73.8. The number of carbonyl (C=O) groups excluding carboxylic acids is 8. The molecule has 1 aliphatic rings. The van der Waals surface area contributed by atoms with E-state index in [2.05, 4.69) is 0 Å². The molecule has 0 aromatic heterocycles. The summed E-state index contributed by atoms with van der Waals surface area (Å²) in [7, 11) is 0. The van der Waals surface area contributed by atoms with E-state index >= 15 is 0 Å². The van der Waals surface area contributed by atoms with Crippen LogP contribution in [0.2, 0.25) is 0 Å². The van der Waals surface area contributed by atoms with Crippen molar-refractivity contribution in [2.24, 2.45) is 0 Å². The van der Waals surface area contributed by atoms with E-state index in [9.17, 15) is 38.4 Å². The van der Waals surface area contributed by atoms with E-state index in [4.69, 9.17) is 37.9 Å². The van der Waals surface area contributed by atoms with Crippen LogP contribution in [0.3, 0.4) is 0 Å². The van der Waals surface area contributed by atoms with Gasteiger partial charge < -0.3 is 37.9 Å². The smallest absolute Gasteiger partial charge is 0.311 e. The maximum atomic E-state index is 14.5. The lowest BCUT2D eigenvalue weighted by atomic mass is 9.75. The summed E-state index contributed by atoms with van der Waals surface area (Å²) in [5.74, 6) is -9.73. The Labute approximate surface area is 585 Å². The first-order valence-corrected chi connectivity index (χ1v) is 35.1. The average molecular weight is 1350 g/mol. The molecule has 0 unspecified atom stereocenters. The number of ether oxygens (including phenoxy) is 8. The molecule has 8 bridgehead atoms. The summed E-state index contributed by atoms with van der Waals surface area (Å²) in [6.07, 6.45) is 3.03. The van der Waals surface area contributed by atoms with Crippen molar-refractivity contribution in [3.63, 3.8) is 0 Å². The number of hydrogen-bond donors (Lipinski definition) is 0. The molecular formula is C84H88O16. The molecule has 8 aromatic rings. The van der Waals surface area contributed by atoms with Crippen molar-refractivity contribution in [2.45, 2.75) is 182 Å². The third kappa shape index (κ3) is 18.2. The molecule has 0 saturated carbocycles. The minimum atomic E-state index is -1.13. The van der Waals surface area contributed by atoms with Gasteiger partial charge in [0.15, 0.2) is 0 Å². The van der Waals surface area contributed by atoms with E-state index in [-0.39, 0.29) is 97.4 Å². The van der Waals surface area contributed by atoms with Crippen LogP contribution in [-0.2, 0) is 38.4 Å². The van der Waals surface area contributed by atoms with Gasteiger partial charge in [-0.05, 0) is 97.9 Å². The van der Waals surface area contributed by atoms with Crippen LogP contribution in [0, 0.1) is 0 Å². The van der Waals surface area contributed by atoms with Gasteiger partial charge in [0.1, 0.15) is 46.0 Å². The molecule has 0 radical (unpaired) electrons. The monoisotopic (exact) mass is 1350 g/mol. The lowest BCUT2D eigenvalue weighted by Crippen LogP contribution is -2.20. The van der Waals surface area contributed by atoms with E-state index < -0.39 is 71.4 Å².